The molecule has 0 aromatic rings. The molecule has 0 radical (unpaired) electrons. The van der Waals surface area contributed by atoms with Crippen molar-refractivity contribution >= 4 is 25.8 Å². The maximum Gasteiger partial charge on any atom is 0.151 e. The van der Waals surface area contributed by atoms with E-state index < -0.39 is 9.84 Å². The van der Waals surface area contributed by atoms with Gasteiger partial charge in [0.2, 0.25) is 0 Å². The van der Waals surface area contributed by atoms with E-state index in [0.717, 1.165) is 12.8 Å². The van der Waals surface area contributed by atoms with Crippen molar-refractivity contribution in [2.45, 2.75) is 17.7 Å². The van der Waals surface area contributed by atoms with Gasteiger partial charge in [-0.2, -0.15) is 0 Å². The van der Waals surface area contributed by atoms with E-state index in [0.29, 0.717) is 11.5 Å². The molecule has 0 amide bonds. The first-order valence-corrected chi connectivity index (χ1v) is 5.68. The summed E-state index contributed by atoms with van der Waals surface area (Å²) in [5, 5.41) is 0. The highest BCUT2D eigenvalue weighted by atomic mass is 79.9. The molecule has 1 saturated heterocycles. The third-order valence-electron chi connectivity index (χ3n) is 1.41. The van der Waals surface area contributed by atoms with Crippen LogP contribution in [0.2, 0.25) is 0 Å². The molecule has 1 heterocycles. The Labute approximate surface area is 63.7 Å². The molecule has 54 valence electrons. The Hall–Kier alpha value is 0.430. The summed E-state index contributed by atoms with van der Waals surface area (Å²) >= 11 is 3.28. The van der Waals surface area contributed by atoms with Crippen LogP contribution in [0.1, 0.15) is 12.8 Å². The smallest absolute Gasteiger partial charge is 0.151 e. The van der Waals surface area contributed by atoms with Gasteiger partial charge in [-0.1, -0.05) is 15.9 Å². The Morgan fingerprint density at radius 3 is 2.44 bits per heavy atom. The summed E-state index contributed by atoms with van der Waals surface area (Å²) < 4.78 is 21.7. The average molecular weight is 213 g/mol. The number of hydrogen-bond donors (Lipinski definition) is 0. The van der Waals surface area contributed by atoms with Crippen LogP contribution in [0.25, 0.3) is 0 Å². The second kappa shape index (κ2) is 2.58. The van der Waals surface area contributed by atoms with E-state index in [1.54, 1.807) is 0 Å². The van der Waals surface area contributed by atoms with Gasteiger partial charge in [0.25, 0.3) is 0 Å². The van der Waals surface area contributed by atoms with Crippen LogP contribution in [0, 0.1) is 0 Å². The topological polar surface area (TPSA) is 34.1 Å². The lowest BCUT2D eigenvalue weighted by Crippen LogP contribution is -2.24. The van der Waals surface area contributed by atoms with Crippen LogP contribution >= 0.6 is 15.9 Å². The molecule has 1 rings (SSSR count). The van der Waals surface area contributed by atoms with E-state index in [1.165, 1.54) is 0 Å². The molecule has 0 aromatic heterocycles. The van der Waals surface area contributed by atoms with Gasteiger partial charge in [0.1, 0.15) is 0 Å². The van der Waals surface area contributed by atoms with Crippen LogP contribution in [-0.4, -0.2) is 24.8 Å². The average Bonchev–Trinajstić information content (AvgIpc) is 1.60. The third kappa shape index (κ3) is 2.26. The first-order chi connectivity index (χ1) is 4.10. The van der Waals surface area contributed by atoms with Crippen molar-refractivity contribution in [2.24, 2.45) is 0 Å². The number of hydrogen-bond acceptors (Lipinski definition) is 2. The zero-order valence-electron chi connectivity index (χ0n) is 5.01. The fourth-order valence-corrected chi connectivity index (χ4v) is 3.99. The lowest BCUT2D eigenvalue weighted by Gasteiger charge is -2.15. The number of sulfone groups is 1. The Kier molecular flexibility index (Phi) is 2.16. The molecule has 4 heteroatoms. The zero-order valence-corrected chi connectivity index (χ0v) is 7.41. The van der Waals surface area contributed by atoms with Crippen molar-refractivity contribution in [1.29, 1.82) is 0 Å². The Balaban J connectivity index is 2.62. The third-order valence-corrected chi connectivity index (χ3v) is 4.44. The number of halogens is 1. The van der Waals surface area contributed by atoms with E-state index >= 15 is 0 Å². The summed E-state index contributed by atoms with van der Waals surface area (Å²) in [6, 6.07) is 0. The van der Waals surface area contributed by atoms with Gasteiger partial charge in [0.15, 0.2) is 9.84 Å². The van der Waals surface area contributed by atoms with Crippen LogP contribution in [0.15, 0.2) is 0 Å². The maximum absolute atomic E-state index is 10.8. The van der Waals surface area contributed by atoms with Crippen molar-refractivity contribution in [2.75, 3.05) is 11.5 Å². The monoisotopic (exact) mass is 212 g/mol. The molecule has 0 saturated carbocycles. The number of rotatable bonds is 0. The van der Waals surface area contributed by atoms with Crippen molar-refractivity contribution < 1.29 is 8.42 Å². The molecule has 1 aliphatic rings. The van der Waals surface area contributed by atoms with Crippen molar-refractivity contribution in [1.82, 2.24) is 0 Å². The lowest BCUT2D eigenvalue weighted by atomic mass is 10.3. The second-order valence-corrected chi connectivity index (χ2v) is 5.88. The van der Waals surface area contributed by atoms with Crippen molar-refractivity contribution in [3.05, 3.63) is 0 Å². The normalized spacial score (nSPS) is 34.1. The summed E-state index contributed by atoms with van der Waals surface area (Å²) in [6.07, 6.45) is 1.82. The Morgan fingerprint density at radius 1 is 1.44 bits per heavy atom. The molecule has 0 spiro atoms. The zero-order chi connectivity index (χ0) is 6.91. The first-order valence-electron chi connectivity index (χ1n) is 2.95. The Bertz CT molecular complexity index is 185. The predicted molar refractivity (Wildman–Crippen MR) is 40.6 cm³/mol. The predicted octanol–water partition coefficient (Wildman–Crippen LogP) is 0.959. The summed E-state index contributed by atoms with van der Waals surface area (Å²) in [5.74, 6) is 0.710. The highest BCUT2D eigenvalue weighted by Gasteiger charge is 2.21. The van der Waals surface area contributed by atoms with Gasteiger partial charge >= 0.3 is 0 Å². The minimum absolute atomic E-state index is 0.205. The highest BCUT2D eigenvalue weighted by Crippen LogP contribution is 2.17. The van der Waals surface area contributed by atoms with Gasteiger partial charge < -0.3 is 0 Å². The highest BCUT2D eigenvalue weighted by molar-refractivity contribution is 9.09. The minimum Gasteiger partial charge on any atom is -0.229 e. The molecule has 0 N–H and O–H groups in total. The molecule has 0 bridgehead atoms. The van der Waals surface area contributed by atoms with Crippen LogP contribution in [-0.2, 0) is 9.84 Å². The summed E-state index contributed by atoms with van der Waals surface area (Å²) in [4.78, 5) is 0.205. The molecule has 0 aliphatic carbocycles. The summed E-state index contributed by atoms with van der Waals surface area (Å²) in [5.41, 5.74) is 0. The molecule has 1 atom stereocenters. The quantitative estimate of drug-likeness (QED) is 0.561. The SMILES string of the molecule is O=S1(=O)CCC[C@H](Br)C1. The van der Waals surface area contributed by atoms with Crippen LogP contribution in [0.3, 0.4) is 0 Å². The molecule has 1 fully saturated rings. The van der Waals surface area contributed by atoms with E-state index in [2.05, 4.69) is 15.9 Å². The van der Waals surface area contributed by atoms with Gasteiger partial charge in [0, 0.05) is 4.83 Å². The van der Waals surface area contributed by atoms with Crippen molar-refractivity contribution in [3.8, 4) is 0 Å². The number of alkyl halides is 1. The Morgan fingerprint density at radius 2 is 2.11 bits per heavy atom. The van der Waals surface area contributed by atoms with Gasteiger partial charge in [0.05, 0.1) is 11.5 Å². The molecule has 0 aromatic carbocycles. The van der Waals surface area contributed by atoms with E-state index in [4.69, 9.17) is 0 Å². The van der Waals surface area contributed by atoms with E-state index in [1.807, 2.05) is 0 Å². The largest absolute Gasteiger partial charge is 0.229 e. The van der Waals surface area contributed by atoms with Crippen LogP contribution < -0.4 is 0 Å². The molecular weight excluding hydrogens is 204 g/mol. The molecule has 9 heavy (non-hydrogen) atoms. The summed E-state index contributed by atoms with van der Waals surface area (Å²) in [6.45, 7) is 0. The lowest BCUT2D eigenvalue weighted by molar-refractivity contribution is 0.578. The first kappa shape index (κ1) is 7.54. The fraction of sp³-hybridized carbons (Fsp3) is 1.00. The molecule has 1 aliphatic heterocycles. The molecule has 2 nitrogen and oxygen atoms in total. The van der Waals surface area contributed by atoms with Gasteiger partial charge in [-0.25, -0.2) is 8.42 Å². The van der Waals surface area contributed by atoms with Gasteiger partial charge in [-0.15, -0.1) is 0 Å². The van der Waals surface area contributed by atoms with Gasteiger partial charge in [-0.05, 0) is 12.8 Å². The van der Waals surface area contributed by atoms with Gasteiger partial charge in [-0.3, -0.25) is 0 Å². The summed E-state index contributed by atoms with van der Waals surface area (Å²) in [7, 11) is -2.68. The van der Waals surface area contributed by atoms with Crippen molar-refractivity contribution in [3.63, 3.8) is 0 Å². The second-order valence-electron chi connectivity index (χ2n) is 2.35. The van der Waals surface area contributed by atoms with E-state index in [9.17, 15) is 8.42 Å². The molecule has 0 unspecified atom stereocenters. The molecular formula is C5H9BrO2S. The standard InChI is InChI=1S/C5H9BrO2S/c6-5-2-1-3-9(7,8)4-5/h5H,1-4H2/t5-/m0/s1. The van der Waals surface area contributed by atoms with Crippen LogP contribution in [0.4, 0.5) is 0 Å². The van der Waals surface area contributed by atoms with Crippen LogP contribution in [0.5, 0.6) is 0 Å². The fourth-order valence-electron chi connectivity index (χ4n) is 0.967. The maximum atomic E-state index is 10.8. The van der Waals surface area contributed by atoms with E-state index in [-0.39, 0.29) is 4.83 Å². The minimum atomic E-state index is -2.68.